The minimum Gasteiger partial charge on any atom is -0.448 e. The Hall–Kier alpha value is -3.01. The molecule has 10 heteroatoms. The predicted octanol–water partition coefficient (Wildman–Crippen LogP) is 5.42. The summed E-state index contributed by atoms with van der Waals surface area (Å²) in [7, 11) is 0. The topological polar surface area (TPSA) is 73.3 Å². The Balaban J connectivity index is 1.29. The largest absolute Gasteiger partial charge is 0.451 e. The second-order valence-corrected chi connectivity index (χ2v) is 8.65. The molecule has 6 nitrogen and oxygen atoms in total. The van der Waals surface area contributed by atoms with Crippen LogP contribution in [0.15, 0.2) is 47.5 Å². The maximum absolute atomic E-state index is 13.2. The minimum absolute atomic E-state index is 0.104. The zero-order valence-electron chi connectivity index (χ0n) is 16.7. The van der Waals surface area contributed by atoms with Gasteiger partial charge in [0.1, 0.15) is 5.03 Å². The van der Waals surface area contributed by atoms with Crippen LogP contribution in [0.3, 0.4) is 0 Å². The van der Waals surface area contributed by atoms with Crippen LogP contribution in [-0.4, -0.2) is 27.4 Å². The van der Waals surface area contributed by atoms with Crippen molar-refractivity contribution in [2.75, 3.05) is 11.1 Å². The number of carbonyl (C=O) groups is 1. The van der Waals surface area contributed by atoms with Crippen molar-refractivity contribution < 1.29 is 27.4 Å². The highest BCUT2D eigenvalue weighted by atomic mass is 32.2. The second-order valence-electron chi connectivity index (χ2n) is 7.69. The lowest BCUT2D eigenvalue weighted by molar-refractivity contribution is -0.145. The van der Waals surface area contributed by atoms with Crippen LogP contribution in [0.2, 0.25) is 0 Å². The van der Waals surface area contributed by atoms with Crippen molar-refractivity contribution in [1.82, 2.24) is 9.97 Å². The summed E-state index contributed by atoms with van der Waals surface area (Å²) in [6.07, 6.45) is -0.935. The molecule has 1 spiro atoms. The first kappa shape index (κ1) is 20.9. The van der Waals surface area contributed by atoms with Gasteiger partial charge in [-0.3, -0.25) is 4.79 Å². The highest BCUT2D eigenvalue weighted by Crippen LogP contribution is 2.47. The number of rotatable bonds is 4. The maximum Gasteiger partial charge on any atom is 0.451 e. The molecule has 2 heterocycles. The highest BCUT2D eigenvalue weighted by Gasteiger charge is 2.44. The second kappa shape index (κ2) is 7.84. The highest BCUT2D eigenvalue weighted by molar-refractivity contribution is 8.00. The van der Waals surface area contributed by atoms with Gasteiger partial charge in [0.15, 0.2) is 11.5 Å². The lowest BCUT2D eigenvalue weighted by Crippen LogP contribution is -2.34. The maximum atomic E-state index is 13.2. The zero-order valence-corrected chi connectivity index (χ0v) is 17.6. The van der Waals surface area contributed by atoms with Crippen molar-refractivity contribution in [3.63, 3.8) is 0 Å². The van der Waals surface area contributed by atoms with Gasteiger partial charge in [0, 0.05) is 30.0 Å². The fraction of sp³-hybridized carbons (Fsp3) is 0.318. The minimum atomic E-state index is -4.68. The number of carbonyl (C=O) groups excluding carboxylic acids is 1. The van der Waals surface area contributed by atoms with E-state index in [1.165, 1.54) is 6.07 Å². The van der Waals surface area contributed by atoms with Gasteiger partial charge in [-0.05, 0) is 31.0 Å². The van der Waals surface area contributed by atoms with Gasteiger partial charge in [-0.15, -0.1) is 0 Å². The van der Waals surface area contributed by atoms with Crippen molar-refractivity contribution in [1.29, 1.82) is 0 Å². The first-order valence-electron chi connectivity index (χ1n) is 10.1. The van der Waals surface area contributed by atoms with Gasteiger partial charge in [-0.2, -0.15) is 13.2 Å². The zero-order chi connectivity index (χ0) is 22.3. The molecule has 1 amide bonds. The van der Waals surface area contributed by atoms with Gasteiger partial charge in [-0.25, -0.2) is 9.97 Å². The van der Waals surface area contributed by atoms with Gasteiger partial charge >= 0.3 is 6.18 Å². The molecule has 32 heavy (non-hydrogen) atoms. The third-order valence-corrected chi connectivity index (χ3v) is 6.34. The van der Waals surface area contributed by atoms with E-state index in [9.17, 15) is 18.0 Å². The van der Waals surface area contributed by atoms with E-state index >= 15 is 0 Å². The Labute approximate surface area is 185 Å². The molecular formula is C22H18F3N3O3S. The van der Waals surface area contributed by atoms with E-state index in [2.05, 4.69) is 15.3 Å². The summed E-state index contributed by atoms with van der Waals surface area (Å²) in [5.74, 6) is -1.08. The number of aromatic nitrogens is 2. The number of thioether (sulfide) groups is 1. The van der Waals surface area contributed by atoms with E-state index in [-0.39, 0.29) is 22.2 Å². The van der Waals surface area contributed by atoms with E-state index < -0.39 is 17.8 Å². The number of amides is 1. The van der Waals surface area contributed by atoms with Gasteiger partial charge in [0.05, 0.1) is 11.3 Å². The van der Waals surface area contributed by atoms with Crippen molar-refractivity contribution in [3.05, 3.63) is 48.3 Å². The number of hydrogen-bond acceptors (Lipinski definition) is 6. The Morgan fingerprint density at radius 2 is 1.81 bits per heavy atom. The average molecular weight is 461 g/mol. The summed E-state index contributed by atoms with van der Waals surface area (Å²) < 4.78 is 51.4. The van der Waals surface area contributed by atoms with Gasteiger partial charge in [0.2, 0.25) is 11.7 Å². The number of alkyl halides is 3. The smallest absolute Gasteiger partial charge is 0.448 e. The molecule has 166 valence electrons. The van der Waals surface area contributed by atoms with Crippen LogP contribution in [0.4, 0.5) is 18.9 Å². The number of fused-ring (bicyclic) bond motifs is 2. The van der Waals surface area contributed by atoms with E-state index in [0.29, 0.717) is 22.6 Å². The average Bonchev–Trinajstić information content (AvgIpc) is 3.36. The van der Waals surface area contributed by atoms with Gasteiger partial charge in [0.25, 0.3) is 5.79 Å². The summed E-state index contributed by atoms with van der Waals surface area (Å²) in [6.45, 7) is 0. The van der Waals surface area contributed by atoms with Gasteiger partial charge < -0.3 is 14.8 Å². The summed E-state index contributed by atoms with van der Waals surface area (Å²) >= 11 is 0.929. The Kier molecular flexibility index (Phi) is 5.11. The molecule has 1 fully saturated rings. The standard InChI is InChI=1S/C22H18F3N3O3S/c23-22(24,25)20-27-15-6-2-1-5-14(15)19(28-20)32-12-18(29)26-13-7-8-16-17(11-13)31-21(30-16)9-3-4-10-21/h1-2,5-8,11H,3-4,9-10,12H2,(H,26,29). The van der Waals surface area contributed by atoms with Crippen molar-refractivity contribution in [2.45, 2.75) is 42.7 Å². The third kappa shape index (κ3) is 4.06. The predicted molar refractivity (Wildman–Crippen MR) is 113 cm³/mol. The molecule has 1 saturated carbocycles. The Bertz CT molecular complexity index is 1200. The van der Waals surface area contributed by atoms with E-state index in [1.807, 2.05) is 0 Å². The van der Waals surface area contributed by atoms with Crippen LogP contribution >= 0.6 is 11.8 Å². The molecule has 3 aromatic rings. The first-order valence-corrected chi connectivity index (χ1v) is 11.1. The number of hydrogen-bond donors (Lipinski definition) is 1. The van der Waals surface area contributed by atoms with Gasteiger partial charge in [-0.1, -0.05) is 30.0 Å². The van der Waals surface area contributed by atoms with Crippen LogP contribution in [-0.2, 0) is 11.0 Å². The Morgan fingerprint density at radius 1 is 1.06 bits per heavy atom. The third-order valence-electron chi connectivity index (χ3n) is 5.35. The summed E-state index contributed by atoms with van der Waals surface area (Å²) in [4.78, 5) is 19.7. The molecule has 0 atom stereocenters. The molecule has 1 aromatic heterocycles. The number of nitrogens with zero attached hydrogens (tertiary/aromatic N) is 2. The quantitative estimate of drug-likeness (QED) is 0.413. The first-order chi connectivity index (χ1) is 15.3. The molecule has 0 radical (unpaired) electrons. The van der Waals surface area contributed by atoms with Crippen molar-refractivity contribution in [2.24, 2.45) is 0 Å². The molecule has 5 rings (SSSR count). The SMILES string of the molecule is O=C(CSc1nc(C(F)(F)F)nc2ccccc12)Nc1ccc2c(c1)OC1(CCCC1)O2. The van der Waals surface area contributed by atoms with Crippen LogP contribution in [0, 0.1) is 0 Å². The molecule has 0 saturated heterocycles. The number of ether oxygens (including phenoxy) is 2. The number of benzene rings is 2. The van der Waals surface area contributed by atoms with E-state index in [4.69, 9.17) is 9.47 Å². The molecule has 2 aliphatic rings. The normalized spacial score (nSPS) is 16.6. The van der Waals surface area contributed by atoms with Crippen LogP contribution in [0.1, 0.15) is 31.5 Å². The van der Waals surface area contributed by atoms with Crippen molar-refractivity contribution in [3.8, 4) is 11.5 Å². The lowest BCUT2D eigenvalue weighted by Gasteiger charge is -2.21. The fourth-order valence-corrected chi connectivity index (χ4v) is 4.72. The monoisotopic (exact) mass is 461 g/mol. The van der Waals surface area contributed by atoms with Crippen LogP contribution in [0.5, 0.6) is 11.5 Å². The molecule has 1 aliphatic carbocycles. The number of halogens is 3. The Morgan fingerprint density at radius 3 is 2.59 bits per heavy atom. The molecular weight excluding hydrogens is 443 g/mol. The fourth-order valence-electron chi connectivity index (χ4n) is 3.90. The summed E-state index contributed by atoms with van der Waals surface area (Å²) in [5.41, 5.74) is 0.700. The molecule has 2 aromatic carbocycles. The summed E-state index contributed by atoms with van der Waals surface area (Å²) in [6, 6.07) is 11.6. The molecule has 1 aliphatic heterocycles. The van der Waals surface area contributed by atoms with E-state index in [0.717, 1.165) is 37.4 Å². The number of anilines is 1. The van der Waals surface area contributed by atoms with Crippen LogP contribution in [0.25, 0.3) is 10.9 Å². The van der Waals surface area contributed by atoms with Crippen molar-refractivity contribution >= 4 is 34.3 Å². The summed E-state index contributed by atoms with van der Waals surface area (Å²) in [5, 5.41) is 3.32. The molecule has 0 bridgehead atoms. The number of para-hydroxylation sites is 1. The molecule has 0 unspecified atom stereocenters. The van der Waals surface area contributed by atoms with Crippen LogP contribution < -0.4 is 14.8 Å². The number of nitrogens with one attached hydrogen (secondary N) is 1. The van der Waals surface area contributed by atoms with E-state index in [1.54, 1.807) is 36.4 Å². The molecule has 1 N–H and O–H groups in total. The lowest BCUT2D eigenvalue weighted by atomic mass is 10.2.